The molecule has 1 amide bonds. The summed E-state index contributed by atoms with van der Waals surface area (Å²) in [7, 11) is 1.89. The Morgan fingerprint density at radius 1 is 1.08 bits per heavy atom. The summed E-state index contributed by atoms with van der Waals surface area (Å²) >= 11 is 0. The van der Waals surface area contributed by atoms with E-state index in [4.69, 9.17) is 10.5 Å². The molecule has 5 heteroatoms. The number of nitrogens with one attached hydrogen (secondary N) is 2. The molecule has 0 fully saturated rings. The number of nitrogens with two attached hydrogens (primary N) is 1. The summed E-state index contributed by atoms with van der Waals surface area (Å²) in [5.41, 5.74) is 9.78. The van der Waals surface area contributed by atoms with Crippen LogP contribution >= 0.6 is 0 Å². The second-order valence-electron chi connectivity index (χ2n) is 5.79. The molecular formula is C19H27N3O2. The van der Waals surface area contributed by atoms with Gasteiger partial charge in [0.25, 0.3) is 0 Å². The van der Waals surface area contributed by atoms with Crippen LogP contribution in [0.25, 0.3) is 0 Å². The molecule has 2 aromatic rings. The summed E-state index contributed by atoms with van der Waals surface area (Å²) < 4.78 is 5.86. The summed E-state index contributed by atoms with van der Waals surface area (Å²) in [4.78, 5) is 9.50. The zero-order valence-corrected chi connectivity index (χ0v) is 15.0. The van der Waals surface area contributed by atoms with Gasteiger partial charge >= 0.3 is 0 Å². The lowest BCUT2D eigenvalue weighted by atomic mass is 10.1. The second kappa shape index (κ2) is 9.45. The van der Waals surface area contributed by atoms with E-state index >= 15 is 0 Å². The van der Waals surface area contributed by atoms with Gasteiger partial charge in [0.05, 0.1) is 0 Å². The van der Waals surface area contributed by atoms with E-state index in [1.54, 1.807) is 0 Å². The molecule has 0 aromatic heterocycles. The predicted octanol–water partition coefficient (Wildman–Crippen LogP) is 3.86. The Hall–Kier alpha value is -2.69. The van der Waals surface area contributed by atoms with Crippen LogP contribution in [-0.2, 0) is 4.79 Å². The van der Waals surface area contributed by atoms with E-state index in [0.717, 1.165) is 34.0 Å². The van der Waals surface area contributed by atoms with Gasteiger partial charge in [-0.25, -0.2) is 0 Å². The van der Waals surface area contributed by atoms with Crippen LogP contribution in [0.15, 0.2) is 36.4 Å². The Balaban J connectivity index is 0.000000413. The highest BCUT2D eigenvalue weighted by Crippen LogP contribution is 2.29. The lowest BCUT2D eigenvalue weighted by Gasteiger charge is -2.11. The van der Waals surface area contributed by atoms with E-state index in [-0.39, 0.29) is 6.04 Å². The Morgan fingerprint density at radius 3 is 2.17 bits per heavy atom. The monoisotopic (exact) mass is 329 g/mol. The summed E-state index contributed by atoms with van der Waals surface area (Å²) in [6.07, 6.45) is 0.699. The van der Waals surface area contributed by atoms with Gasteiger partial charge in [-0.1, -0.05) is 0 Å². The fourth-order valence-electron chi connectivity index (χ4n) is 1.87. The Morgan fingerprint density at radius 2 is 1.71 bits per heavy atom. The maximum atomic E-state index is 9.50. The van der Waals surface area contributed by atoms with E-state index in [0.29, 0.717) is 6.41 Å². The number of hydrogen-bond acceptors (Lipinski definition) is 4. The normalized spacial score (nSPS) is 9.75. The number of ether oxygens (including phenoxy) is 1. The lowest BCUT2D eigenvalue weighted by molar-refractivity contribution is -0.109. The lowest BCUT2D eigenvalue weighted by Crippen LogP contribution is -2.19. The maximum Gasteiger partial charge on any atom is 0.207 e. The van der Waals surface area contributed by atoms with Crippen molar-refractivity contribution in [1.29, 1.82) is 0 Å². The fourth-order valence-corrected chi connectivity index (χ4v) is 1.87. The van der Waals surface area contributed by atoms with Crippen LogP contribution < -0.4 is 21.1 Å². The molecule has 0 radical (unpaired) electrons. The molecular weight excluding hydrogens is 302 g/mol. The van der Waals surface area contributed by atoms with Gasteiger partial charge in [-0.2, -0.15) is 0 Å². The Kier molecular flexibility index (Phi) is 7.62. The first kappa shape index (κ1) is 19.4. The minimum absolute atomic E-state index is 0.280. The van der Waals surface area contributed by atoms with Crippen LogP contribution in [-0.4, -0.2) is 19.5 Å². The number of carbonyl (C=O) groups is 1. The number of hydrogen-bond donors (Lipinski definition) is 3. The third-order valence-electron chi connectivity index (χ3n) is 3.34. The van der Waals surface area contributed by atoms with Crippen molar-refractivity contribution in [3.05, 3.63) is 47.5 Å². The number of rotatable bonds is 5. The zero-order chi connectivity index (χ0) is 18.1. The van der Waals surface area contributed by atoms with Crippen molar-refractivity contribution in [2.75, 3.05) is 18.1 Å². The van der Waals surface area contributed by atoms with E-state index in [9.17, 15) is 4.79 Å². The largest absolute Gasteiger partial charge is 0.457 e. The van der Waals surface area contributed by atoms with Gasteiger partial charge in [0.2, 0.25) is 6.41 Å². The number of amides is 1. The van der Waals surface area contributed by atoms with Crippen molar-refractivity contribution in [3.8, 4) is 11.5 Å². The van der Waals surface area contributed by atoms with Crippen LogP contribution in [0.3, 0.4) is 0 Å². The van der Waals surface area contributed by atoms with Crippen LogP contribution in [0.4, 0.5) is 11.4 Å². The summed E-state index contributed by atoms with van der Waals surface area (Å²) in [5.74, 6) is 1.67. The minimum atomic E-state index is 0.280. The van der Waals surface area contributed by atoms with Crippen LogP contribution in [0, 0.1) is 13.8 Å². The first-order valence-corrected chi connectivity index (χ1v) is 7.89. The quantitative estimate of drug-likeness (QED) is 0.575. The Bertz CT molecular complexity index is 652. The van der Waals surface area contributed by atoms with Gasteiger partial charge < -0.3 is 21.1 Å². The molecule has 130 valence electrons. The van der Waals surface area contributed by atoms with E-state index in [1.807, 2.05) is 71.1 Å². The molecule has 0 heterocycles. The highest BCUT2D eigenvalue weighted by atomic mass is 16.5. The smallest absolute Gasteiger partial charge is 0.207 e. The zero-order valence-electron chi connectivity index (χ0n) is 15.0. The summed E-state index contributed by atoms with van der Waals surface area (Å²) in [6.45, 7) is 7.79. The SMILES string of the molecule is CC(C)NC=O.CNc1ccc(Oc2cc(C)c(N)cc2C)cc1. The van der Waals surface area contributed by atoms with Crippen molar-refractivity contribution in [2.45, 2.75) is 33.7 Å². The minimum Gasteiger partial charge on any atom is -0.457 e. The molecule has 0 unspecified atom stereocenters. The van der Waals surface area contributed by atoms with Crippen molar-refractivity contribution in [1.82, 2.24) is 5.32 Å². The molecule has 0 atom stereocenters. The van der Waals surface area contributed by atoms with Crippen LogP contribution in [0.2, 0.25) is 0 Å². The van der Waals surface area contributed by atoms with Gasteiger partial charge in [0.1, 0.15) is 11.5 Å². The number of aryl methyl sites for hydroxylation is 2. The third-order valence-corrected chi connectivity index (χ3v) is 3.34. The van der Waals surface area contributed by atoms with E-state index < -0.39 is 0 Å². The van der Waals surface area contributed by atoms with Crippen LogP contribution in [0.5, 0.6) is 11.5 Å². The van der Waals surface area contributed by atoms with Crippen molar-refractivity contribution < 1.29 is 9.53 Å². The van der Waals surface area contributed by atoms with Crippen molar-refractivity contribution >= 4 is 17.8 Å². The molecule has 2 rings (SSSR count). The van der Waals surface area contributed by atoms with Crippen molar-refractivity contribution in [2.24, 2.45) is 0 Å². The van der Waals surface area contributed by atoms with Gasteiger partial charge in [-0.3, -0.25) is 4.79 Å². The molecule has 2 aromatic carbocycles. The van der Waals surface area contributed by atoms with E-state index in [1.165, 1.54) is 0 Å². The standard InChI is InChI=1S/C15H18N2O.C4H9NO/c1-10-9-15(11(2)8-14(10)16)18-13-6-4-12(17-3)5-7-13;1-4(2)5-3-6/h4-9,17H,16H2,1-3H3;3-4H,1-2H3,(H,5,6). The predicted molar refractivity (Wildman–Crippen MR) is 101 cm³/mol. The molecule has 0 aliphatic carbocycles. The molecule has 24 heavy (non-hydrogen) atoms. The molecule has 0 spiro atoms. The van der Waals surface area contributed by atoms with E-state index in [2.05, 4.69) is 10.6 Å². The summed E-state index contributed by atoms with van der Waals surface area (Å²) in [5, 5.41) is 5.60. The first-order valence-electron chi connectivity index (χ1n) is 7.89. The van der Waals surface area contributed by atoms with Gasteiger partial charge in [-0.05, 0) is 75.2 Å². The molecule has 0 saturated carbocycles. The number of anilines is 2. The average molecular weight is 329 g/mol. The molecule has 0 bridgehead atoms. The van der Waals surface area contributed by atoms with Crippen LogP contribution in [0.1, 0.15) is 25.0 Å². The molecule has 0 aliphatic rings. The third kappa shape index (κ3) is 6.20. The number of benzene rings is 2. The molecule has 4 N–H and O–H groups in total. The topological polar surface area (TPSA) is 76.4 Å². The number of nitrogen functional groups attached to an aromatic ring is 1. The fraction of sp³-hybridized carbons (Fsp3) is 0.316. The van der Waals surface area contributed by atoms with Gasteiger partial charge in [0.15, 0.2) is 0 Å². The maximum absolute atomic E-state index is 9.50. The first-order chi connectivity index (χ1) is 11.4. The molecule has 0 aliphatic heterocycles. The number of carbonyl (C=O) groups excluding carboxylic acids is 1. The average Bonchev–Trinajstić information content (AvgIpc) is 2.54. The molecule has 5 nitrogen and oxygen atoms in total. The van der Waals surface area contributed by atoms with Gasteiger partial charge in [-0.15, -0.1) is 0 Å². The molecule has 0 saturated heterocycles. The second-order valence-corrected chi connectivity index (χ2v) is 5.79. The highest BCUT2D eigenvalue weighted by molar-refractivity contribution is 5.55. The summed E-state index contributed by atoms with van der Waals surface area (Å²) in [6, 6.07) is 12.0. The van der Waals surface area contributed by atoms with Gasteiger partial charge in [0, 0.05) is 24.5 Å². The van der Waals surface area contributed by atoms with Crippen molar-refractivity contribution in [3.63, 3.8) is 0 Å². The Labute approximate surface area is 144 Å². The highest BCUT2D eigenvalue weighted by Gasteiger charge is 2.04.